The van der Waals surface area contributed by atoms with Gasteiger partial charge in [0.25, 0.3) is 0 Å². The maximum absolute atomic E-state index is 12.6. The number of nitrogens with one attached hydrogen (secondary N) is 1. The van der Waals surface area contributed by atoms with Gasteiger partial charge < -0.3 is 24.8 Å². The van der Waals surface area contributed by atoms with E-state index in [1.54, 1.807) is 30.8 Å². The van der Waals surface area contributed by atoms with Gasteiger partial charge in [0.2, 0.25) is 5.96 Å². The summed E-state index contributed by atoms with van der Waals surface area (Å²) in [4.78, 5) is 34.6. The summed E-state index contributed by atoms with van der Waals surface area (Å²) in [6, 6.07) is 9.16. The highest BCUT2D eigenvalue weighted by Crippen LogP contribution is 2.32. The van der Waals surface area contributed by atoms with Crippen molar-refractivity contribution in [3.05, 3.63) is 47.2 Å². The summed E-state index contributed by atoms with van der Waals surface area (Å²) in [6.45, 7) is 4.76. The number of benzene rings is 1. The van der Waals surface area contributed by atoms with Crippen molar-refractivity contribution in [2.24, 2.45) is 4.99 Å². The lowest BCUT2D eigenvalue weighted by atomic mass is 9.96. The molecule has 1 saturated heterocycles. The van der Waals surface area contributed by atoms with E-state index in [0.717, 1.165) is 5.56 Å². The quantitative estimate of drug-likeness (QED) is 0.819. The van der Waals surface area contributed by atoms with Crippen LogP contribution in [-0.4, -0.2) is 66.7 Å². The van der Waals surface area contributed by atoms with Gasteiger partial charge in [0.15, 0.2) is 0 Å². The van der Waals surface area contributed by atoms with E-state index >= 15 is 0 Å². The fourth-order valence-electron chi connectivity index (χ4n) is 3.27. The average Bonchev–Trinajstić information content (AvgIpc) is 2.65. The van der Waals surface area contributed by atoms with E-state index in [1.165, 1.54) is 0 Å². The molecular weight excluding hydrogens is 346 g/mol. The van der Waals surface area contributed by atoms with E-state index in [0.29, 0.717) is 37.2 Å². The summed E-state index contributed by atoms with van der Waals surface area (Å²) >= 11 is 0. The zero-order chi connectivity index (χ0) is 19.6. The van der Waals surface area contributed by atoms with Crippen LogP contribution in [-0.2, 0) is 9.53 Å². The smallest absolute Gasteiger partial charge is 0.338 e. The number of guanidine groups is 1. The van der Waals surface area contributed by atoms with Gasteiger partial charge in [-0.1, -0.05) is 30.3 Å². The Morgan fingerprint density at radius 1 is 1.22 bits per heavy atom. The molecule has 8 heteroatoms. The second kappa shape index (κ2) is 7.69. The largest absolute Gasteiger partial charge is 0.463 e. The molecule has 1 unspecified atom stereocenters. The van der Waals surface area contributed by atoms with Crippen molar-refractivity contribution in [1.29, 1.82) is 0 Å². The SMILES string of the molecule is CCOC(=O)C1=C(C)NC(N2CN(C)C(=O)N(C)C2)=NC1c1ccccc1. The molecule has 2 aliphatic heterocycles. The number of amides is 2. The van der Waals surface area contributed by atoms with Gasteiger partial charge in [-0.3, -0.25) is 0 Å². The van der Waals surface area contributed by atoms with Crippen molar-refractivity contribution < 1.29 is 14.3 Å². The number of allylic oxidation sites excluding steroid dienone is 1. The van der Waals surface area contributed by atoms with Crippen LogP contribution < -0.4 is 5.32 Å². The van der Waals surface area contributed by atoms with Gasteiger partial charge in [0.05, 0.1) is 25.5 Å². The van der Waals surface area contributed by atoms with Gasteiger partial charge in [-0.25, -0.2) is 14.6 Å². The fourth-order valence-corrected chi connectivity index (χ4v) is 3.27. The molecule has 1 fully saturated rings. The van der Waals surface area contributed by atoms with E-state index < -0.39 is 6.04 Å². The average molecular weight is 371 g/mol. The minimum absolute atomic E-state index is 0.0401. The Balaban J connectivity index is 1.96. The molecule has 3 rings (SSSR count). The summed E-state index contributed by atoms with van der Waals surface area (Å²) in [5.74, 6) is 0.253. The maximum Gasteiger partial charge on any atom is 0.338 e. The number of hydrogen-bond donors (Lipinski definition) is 1. The molecule has 0 radical (unpaired) electrons. The molecule has 1 N–H and O–H groups in total. The number of aliphatic imine (C=N–C) groups is 1. The van der Waals surface area contributed by atoms with Crippen LogP contribution in [0.3, 0.4) is 0 Å². The summed E-state index contributed by atoms with van der Waals surface area (Å²) < 4.78 is 5.25. The number of nitrogens with zero attached hydrogens (tertiary/aromatic N) is 4. The zero-order valence-electron chi connectivity index (χ0n) is 16.1. The molecule has 1 aromatic carbocycles. The van der Waals surface area contributed by atoms with Crippen molar-refractivity contribution >= 4 is 18.0 Å². The molecular formula is C19H25N5O3. The fraction of sp³-hybridized carbons (Fsp3) is 0.421. The third-order valence-corrected chi connectivity index (χ3v) is 4.56. The third-order valence-electron chi connectivity index (χ3n) is 4.56. The lowest BCUT2D eigenvalue weighted by molar-refractivity contribution is -0.138. The molecule has 1 aromatic rings. The first kappa shape index (κ1) is 18.8. The molecule has 0 aromatic heterocycles. The molecule has 2 aliphatic rings. The Kier molecular flexibility index (Phi) is 5.34. The molecule has 0 aliphatic carbocycles. The highest BCUT2D eigenvalue weighted by atomic mass is 16.5. The van der Waals surface area contributed by atoms with Gasteiger partial charge >= 0.3 is 12.0 Å². The number of esters is 1. The van der Waals surface area contributed by atoms with Crippen LogP contribution in [0.5, 0.6) is 0 Å². The van der Waals surface area contributed by atoms with Crippen molar-refractivity contribution in [1.82, 2.24) is 20.0 Å². The number of hydrogen-bond acceptors (Lipinski definition) is 6. The van der Waals surface area contributed by atoms with Crippen LogP contribution >= 0.6 is 0 Å². The second-order valence-corrected chi connectivity index (χ2v) is 6.65. The Morgan fingerprint density at radius 3 is 2.44 bits per heavy atom. The number of urea groups is 1. The van der Waals surface area contributed by atoms with E-state index in [9.17, 15) is 9.59 Å². The van der Waals surface area contributed by atoms with Crippen LogP contribution in [0.4, 0.5) is 4.79 Å². The first-order chi connectivity index (χ1) is 12.9. The monoisotopic (exact) mass is 371 g/mol. The van der Waals surface area contributed by atoms with Crippen LogP contribution in [0.15, 0.2) is 46.6 Å². The molecule has 1 atom stereocenters. The molecule has 27 heavy (non-hydrogen) atoms. The van der Waals surface area contributed by atoms with Crippen molar-refractivity contribution in [3.8, 4) is 0 Å². The molecule has 144 valence electrons. The standard InChI is InChI=1S/C19H25N5O3/c1-5-27-17(25)15-13(2)20-18(21-16(15)14-9-7-6-8-10-14)24-11-22(3)19(26)23(4)12-24/h6-10,16H,5,11-12H2,1-4H3,(H,20,21). The molecule has 0 bridgehead atoms. The van der Waals surface area contributed by atoms with Gasteiger partial charge in [-0.05, 0) is 19.4 Å². The summed E-state index contributed by atoms with van der Waals surface area (Å²) in [6.07, 6.45) is 0. The van der Waals surface area contributed by atoms with Crippen LogP contribution in [0, 0.1) is 0 Å². The van der Waals surface area contributed by atoms with Gasteiger partial charge in [0, 0.05) is 19.8 Å². The van der Waals surface area contributed by atoms with Gasteiger partial charge in [0.1, 0.15) is 6.04 Å². The van der Waals surface area contributed by atoms with E-state index in [2.05, 4.69) is 5.32 Å². The normalized spacial score (nSPS) is 20.4. The number of carbonyl (C=O) groups excluding carboxylic acids is 2. The van der Waals surface area contributed by atoms with Gasteiger partial charge in [-0.15, -0.1) is 0 Å². The number of ether oxygens (including phenoxy) is 1. The Morgan fingerprint density at radius 2 is 1.85 bits per heavy atom. The first-order valence-corrected chi connectivity index (χ1v) is 8.91. The van der Waals surface area contributed by atoms with Crippen molar-refractivity contribution in [2.45, 2.75) is 19.9 Å². The first-order valence-electron chi connectivity index (χ1n) is 8.91. The maximum atomic E-state index is 12.6. The minimum Gasteiger partial charge on any atom is -0.463 e. The summed E-state index contributed by atoms with van der Waals surface area (Å²) in [7, 11) is 3.49. The Bertz CT molecular complexity index is 776. The lowest BCUT2D eigenvalue weighted by Crippen LogP contribution is -2.59. The van der Waals surface area contributed by atoms with Crippen LogP contribution in [0.25, 0.3) is 0 Å². The van der Waals surface area contributed by atoms with E-state index in [1.807, 2.05) is 42.2 Å². The lowest BCUT2D eigenvalue weighted by Gasteiger charge is -2.41. The van der Waals surface area contributed by atoms with E-state index in [-0.39, 0.29) is 12.0 Å². The molecule has 2 amide bonds. The molecule has 0 saturated carbocycles. The molecule has 8 nitrogen and oxygen atoms in total. The number of carbonyl (C=O) groups is 2. The zero-order valence-corrected chi connectivity index (χ0v) is 16.1. The minimum atomic E-state index is -0.463. The Hall–Kier alpha value is -3.03. The predicted molar refractivity (Wildman–Crippen MR) is 102 cm³/mol. The highest BCUT2D eigenvalue weighted by molar-refractivity contribution is 5.95. The predicted octanol–water partition coefficient (Wildman–Crippen LogP) is 1.74. The molecule has 0 spiro atoms. The summed E-state index contributed by atoms with van der Waals surface area (Å²) in [5, 5.41) is 3.22. The van der Waals surface area contributed by atoms with Crippen molar-refractivity contribution in [3.63, 3.8) is 0 Å². The second-order valence-electron chi connectivity index (χ2n) is 6.65. The molecule has 2 heterocycles. The van der Waals surface area contributed by atoms with E-state index in [4.69, 9.17) is 9.73 Å². The Labute approximate surface area is 159 Å². The highest BCUT2D eigenvalue weighted by Gasteiger charge is 2.34. The van der Waals surface area contributed by atoms with Crippen molar-refractivity contribution in [2.75, 3.05) is 34.0 Å². The third kappa shape index (κ3) is 3.74. The van der Waals surface area contributed by atoms with Crippen LogP contribution in [0.2, 0.25) is 0 Å². The topological polar surface area (TPSA) is 77.5 Å². The number of rotatable bonds is 3. The van der Waals surface area contributed by atoms with Crippen LogP contribution in [0.1, 0.15) is 25.5 Å². The van der Waals surface area contributed by atoms with Gasteiger partial charge in [-0.2, -0.15) is 0 Å². The summed E-state index contributed by atoms with van der Waals surface area (Å²) in [5.41, 5.74) is 2.12.